The number of benzene rings is 1. The van der Waals surface area contributed by atoms with Crippen LogP contribution in [0.5, 0.6) is 5.75 Å². The van der Waals surface area contributed by atoms with Crippen molar-refractivity contribution in [3.63, 3.8) is 0 Å². The molecule has 0 aliphatic carbocycles. The van der Waals surface area contributed by atoms with Crippen molar-refractivity contribution in [1.29, 1.82) is 0 Å². The predicted molar refractivity (Wildman–Crippen MR) is 71.5 cm³/mol. The molecule has 0 bridgehead atoms. The summed E-state index contributed by atoms with van der Waals surface area (Å²) in [7, 11) is 1.84. The Morgan fingerprint density at radius 1 is 1.28 bits per heavy atom. The number of nitrogens with zero attached hydrogens (tertiary/aromatic N) is 1. The number of nitrogens with two attached hydrogens (primary N) is 1. The first kappa shape index (κ1) is 14.8. The Hall–Kier alpha value is -1.30. The van der Waals surface area contributed by atoms with Gasteiger partial charge < -0.3 is 25.6 Å². The van der Waals surface area contributed by atoms with Crippen molar-refractivity contribution in [3.8, 4) is 5.75 Å². The number of hydrogen-bond acceptors (Lipinski definition) is 5. The van der Waals surface area contributed by atoms with Crippen molar-refractivity contribution in [2.45, 2.75) is 19.1 Å². The van der Waals surface area contributed by atoms with Gasteiger partial charge in [0.2, 0.25) is 0 Å². The number of aliphatic hydroxyl groups is 2. The van der Waals surface area contributed by atoms with Crippen LogP contribution in [0.25, 0.3) is 0 Å². The average molecular weight is 254 g/mol. The van der Waals surface area contributed by atoms with E-state index in [0.717, 1.165) is 0 Å². The average Bonchev–Trinajstić information content (AvgIpc) is 2.26. The minimum absolute atomic E-state index is 0.179. The zero-order valence-corrected chi connectivity index (χ0v) is 10.9. The van der Waals surface area contributed by atoms with E-state index in [9.17, 15) is 10.2 Å². The van der Waals surface area contributed by atoms with Gasteiger partial charge in [0.25, 0.3) is 0 Å². The summed E-state index contributed by atoms with van der Waals surface area (Å²) in [6.45, 7) is 2.85. The van der Waals surface area contributed by atoms with Crippen LogP contribution in [0, 0.1) is 0 Å². The van der Waals surface area contributed by atoms with E-state index >= 15 is 0 Å². The number of nitrogen functional groups attached to an aromatic ring is 1. The normalized spacial score (nSPS) is 14.5. The van der Waals surface area contributed by atoms with Crippen LogP contribution in [-0.4, -0.2) is 54.1 Å². The molecule has 2 atom stereocenters. The van der Waals surface area contributed by atoms with E-state index in [4.69, 9.17) is 10.5 Å². The highest BCUT2D eigenvalue weighted by molar-refractivity contribution is 5.51. The molecule has 0 saturated carbocycles. The molecule has 18 heavy (non-hydrogen) atoms. The van der Waals surface area contributed by atoms with Crippen LogP contribution in [-0.2, 0) is 0 Å². The lowest BCUT2D eigenvalue weighted by atomic mass is 10.3. The number of para-hydroxylation sites is 2. The SMILES string of the molecule is CC(O)CN(C)CC(O)COc1ccccc1N. The Balaban J connectivity index is 2.33. The molecule has 4 N–H and O–H groups in total. The third-order valence-corrected chi connectivity index (χ3v) is 2.45. The number of anilines is 1. The Morgan fingerprint density at radius 2 is 1.94 bits per heavy atom. The molecule has 1 aromatic rings. The van der Waals surface area contributed by atoms with E-state index in [-0.39, 0.29) is 6.61 Å². The van der Waals surface area contributed by atoms with Gasteiger partial charge in [0, 0.05) is 13.1 Å². The standard InChI is InChI=1S/C13H22N2O3/c1-10(16)7-15(2)8-11(17)9-18-13-6-4-3-5-12(13)14/h3-6,10-11,16-17H,7-9,14H2,1-2H3. The van der Waals surface area contributed by atoms with E-state index in [1.165, 1.54) is 0 Å². The van der Waals surface area contributed by atoms with E-state index in [1.807, 2.05) is 24.1 Å². The third kappa shape index (κ3) is 5.35. The summed E-state index contributed by atoms with van der Waals surface area (Å²) in [5.74, 6) is 0.578. The fourth-order valence-corrected chi connectivity index (χ4v) is 1.74. The highest BCUT2D eigenvalue weighted by atomic mass is 16.5. The zero-order chi connectivity index (χ0) is 13.5. The van der Waals surface area contributed by atoms with Crippen molar-refractivity contribution in [2.75, 3.05) is 32.5 Å². The monoisotopic (exact) mass is 254 g/mol. The van der Waals surface area contributed by atoms with Crippen LogP contribution in [0.3, 0.4) is 0 Å². The summed E-state index contributed by atoms with van der Waals surface area (Å²) < 4.78 is 5.44. The van der Waals surface area contributed by atoms with E-state index < -0.39 is 12.2 Å². The van der Waals surface area contributed by atoms with Gasteiger partial charge in [-0.15, -0.1) is 0 Å². The largest absolute Gasteiger partial charge is 0.489 e. The lowest BCUT2D eigenvalue weighted by Gasteiger charge is -2.22. The molecule has 0 amide bonds. The number of likely N-dealkylation sites (N-methyl/N-ethyl adjacent to an activating group) is 1. The topological polar surface area (TPSA) is 79.0 Å². The van der Waals surface area contributed by atoms with Crippen LogP contribution < -0.4 is 10.5 Å². The molecule has 0 aliphatic rings. The zero-order valence-electron chi connectivity index (χ0n) is 10.9. The van der Waals surface area contributed by atoms with E-state index in [0.29, 0.717) is 24.5 Å². The molecule has 2 unspecified atom stereocenters. The minimum Gasteiger partial charge on any atom is -0.489 e. The van der Waals surface area contributed by atoms with Gasteiger partial charge in [-0.05, 0) is 26.1 Å². The molecule has 5 nitrogen and oxygen atoms in total. The second-order valence-electron chi connectivity index (χ2n) is 4.57. The highest BCUT2D eigenvalue weighted by Crippen LogP contribution is 2.19. The van der Waals surface area contributed by atoms with Gasteiger partial charge in [-0.25, -0.2) is 0 Å². The third-order valence-electron chi connectivity index (χ3n) is 2.45. The molecule has 102 valence electrons. The highest BCUT2D eigenvalue weighted by Gasteiger charge is 2.11. The second kappa shape index (κ2) is 7.20. The van der Waals surface area contributed by atoms with Crippen LogP contribution >= 0.6 is 0 Å². The molecule has 0 aliphatic heterocycles. The van der Waals surface area contributed by atoms with Gasteiger partial charge in [0.15, 0.2) is 0 Å². The maximum atomic E-state index is 9.80. The molecule has 0 heterocycles. The Kier molecular flexibility index (Phi) is 5.91. The maximum absolute atomic E-state index is 9.80. The fraction of sp³-hybridized carbons (Fsp3) is 0.538. The van der Waals surface area contributed by atoms with Gasteiger partial charge in [-0.2, -0.15) is 0 Å². The van der Waals surface area contributed by atoms with Crippen LogP contribution in [0.1, 0.15) is 6.92 Å². The molecule has 0 spiro atoms. The number of ether oxygens (including phenoxy) is 1. The summed E-state index contributed by atoms with van der Waals surface area (Å²) in [4.78, 5) is 1.85. The molecule has 1 rings (SSSR count). The lowest BCUT2D eigenvalue weighted by Crippen LogP contribution is -2.36. The first-order chi connectivity index (χ1) is 8.49. The van der Waals surface area contributed by atoms with Crippen molar-refractivity contribution in [3.05, 3.63) is 24.3 Å². The Morgan fingerprint density at radius 3 is 2.56 bits per heavy atom. The maximum Gasteiger partial charge on any atom is 0.142 e. The number of aliphatic hydroxyl groups excluding tert-OH is 2. The summed E-state index contributed by atoms with van der Waals surface area (Å²) in [6.07, 6.45) is -1.03. The number of rotatable bonds is 7. The Bertz CT molecular complexity index is 358. The van der Waals surface area contributed by atoms with Gasteiger partial charge in [-0.3, -0.25) is 0 Å². The van der Waals surface area contributed by atoms with Crippen molar-refractivity contribution in [1.82, 2.24) is 4.90 Å². The summed E-state index contributed by atoms with van der Waals surface area (Å²) in [5, 5.41) is 19.0. The van der Waals surface area contributed by atoms with Crippen LogP contribution in [0.15, 0.2) is 24.3 Å². The molecule has 1 aromatic carbocycles. The molecule has 0 aromatic heterocycles. The van der Waals surface area contributed by atoms with Crippen molar-refractivity contribution in [2.24, 2.45) is 0 Å². The molecule has 0 fully saturated rings. The molecular formula is C13H22N2O3. The quantitative estimate of drug-likeness (QED) is 0.611. The van der Waals surface area contributed by atoms with E-state index in [2.05, 4.69) is 0 Å². The molecule has 0 saturated heterocycles. The molecule has 0 radical (unpaired) electrons. The van der Waals surface area contributed by atoms with Crippen LogP contribution in [0.2, 0.25) is 0 Å². The fourth-order valence-electron chi connectivity index (χ4n) is 1.74. The van der Waals surface area contributed by atoms with E-state index in [1.54, 1.807) is 19.1 Å². The smallest absolute Gasteiger partial charge is 0.142 e. The number of hydrogen-bond donors (Lipinski definition) is 3. The summed E-state index contributed by atoms with van der Waals surface area (Å²) >= 11 is 0. The van der Waals surface area contributed by atoms with Crippen molar-refractivity contribution < 1.29 is 14.9 Å². The Labute approximate surface area is 108 Å². The first-order valence-electron chi connectivity index (χ1n) is 6.01. The molecule has 5 heteroatoms. The second-order valence-corrected chi connectivity index (χ2v) is 4.57. The minimum atomic E-state index is -0.617. The first-order valence-corrected chi connectivity index (χ1v) is 6.01. The predicted octanol–water partition coefficient (Wildman–Crippen LogP) is 0.321. The van der Waals surface area contributed by atoms with Gasteiger partial charge in [-0.1, -0.05) is 12.1 Å². The summed E-state index contributed by atoms with van der Waals surface area (Å²) in [5.41, 5.74) is 6.28. The van der Waals surface area contributed by atoms with Gasteiger partial charge in [0.05, 0.1) is 11.8 Å². The lowest BCUT2D eigenvalue weighted by molar-refractivity contribution is 0.0600. The van der Waals surface area contributed by atoms with Gasteiger partial charge in [0.1, 0.15) is 18.5 Å². The summed E-state index contributed by atoms with van der Waals surface area (Å²) in [6, 6.07) is 7.18. The molecular weight excluding hydrogens is 232 g/mol. The van der Waals surface area contributed by atoms with Gasteiger partial charge >= 0.3 is 0 Å². The van der Waals surface area contributed by atoms with Crippen LogP contribution in [0.4, 0.5) is 5.69 Å². The van der Waals surface area contributed by atoms with Crippen molar-refractivity contribution >= 4 is 5.69 Å².